The van der Waals surface area contributed by atoms with Crippen molar-refractivity contribution in [2.45, 2.75) is 19.5 Å². The number of para-hydroxylation sites is 1. The van der Waals surface area contributed by atoms with Gasteiger partial charge in [0.2, 0.25) is 0 Å². The van der Waals surface area contributed by atoms with E-state index in [1.807, 2.05) is 47.1 Å². The van der Waals surface area contributed by atoms with Crippen LogP contribution in [0.1, 0.15) is 28.6 Å². The molecule has 4 heterocycles. The highest BCUT2D eigenvalue weighted by molar-refractivity contribution is 7.22. The largest absolute Gasteiger partial charge is 0.345 e. The molecule has 6 aromatic rings. The van der Waals surface area contributed by atoms with Gasteiger partial charge in [-0.15, -0.1) is 5.10 Å². The van der Waals surface area contributed by atoms with Crippen LogP contribution in [0.25, 0.3) is 21.1 Å². The second-order valence-corrected chi connectivity index (χ2v) is 11.2. The van der Waals surface area contributed by atoms with Crippen LogP contribution in [0.4, 0.5) is 5.13 Å². The number of thiazole rings is 1. The van der Waals surface area contributed by atoms with Gasteiger partial charge in [-0.1, -0.05) is 65.4 Å². The van der Waals surface area contributed by atoms with Crippen molar-refractivity contribution >= 4 is 37.6 Å². The number of aryl methyl sites for hydroxylation is 1. The third kappa shape index (κ3) is 4.65. The normalized spacial score (nSPS) is 15.2. The predicted molar refractivity (Wildman–Crippen MR) is 158 cm³/mol. The van der Waals surface area contributed by atoms with Crippen LogP contribution in [0.15, 0.2) is 83.7 Å². The lowest BCUT2D eigenvalue weighted by molar-refractivity contribution is 0.200. The first-order valence-electron chi connectivity index (χ1n) is 13.4. The van der Waals surface area contributed by atoms with Crippen LogP contribution in [0, 0.1) is 6.92 Å². The molecule has 1 fully saturated rings. The average Bonchev–Trinajstić information content (AvgIpc) is 3.62. The quantitative estimate of drug-likeness (QED) is 0.330. The minimum absolute atomic E-state index is 0.121. The van der Waals surface area contributed by atoms with Crippen molar-refractivity contribution < 1.29 is 0 Å². The van der Waals surface area contributed by atoms with Gasteiger partial charge in [0.15, 0.2) is 11.0 Å². The summed E-state index contributed by atoms with van der Waals surface area (Å²) in [6, 6.07) is 26.1. The third-order valence-electron chi connectivity index (χ3n) is 7.53. The second-order valence-electron chi connectivity index (χ2n) is 10.2. The number of aromatic nitrogens is 6. The van der Waals surface area contributed by atoms with E-state index in [4.69, 9.17) is 4.98 Å². The van der Waals surface area contributed by atoms with Crippen molar-refractivity contribution in [1.82, 2.24) is 35.1 Å². The first kappa shape index (κ1) is 24.6. The lowest BCUT2D eigenvalue weighted by atomic mass is 10.0. The number of H-pyrrole nitrogens is 1. The number of piperazine rings is 1. The standard InChI is InChI=1S/C30H28N8OS/c1-20-11-12-24-22(17-20)18-23(29(39)31-24)27(28-33-34-35-38(28)19-21-7-3-2-4-8-21)36-13-15-37(16-14-36)30-32-25-9-5-6-10-26(25)40-30/h2-12,17-18,27H,13-16,19H2,1H3,(H,31,39)/t27-/m0/s1. The topological polar surface area (TPSA) is 95.8 Å². The molecule has 0 amide bonds. The Bertz CT molecular complexity index is 1820. The molecule has 3 aromatic carbocycles. The zero-order valence-corrected chi connectivity index (χ0v) is 22.9. The number of nitrogens with one attached hydrogen (secondary N) is 1. The summed E-state index contributed by atoms with van der Waals surface area (Å²) in [7, 11) is 0. The molecule has 10 heteroatoms. The van der Waals surface area contributed by atoms with Crippen molar-refractivity contribution in [3.63, 3.8) is 0 Å². The molecular weight excluding hydrogens is 520 g/mol. The van der Waals surface area contributed by atoms with Crippen LogP contribution >= 0.6 is 11.3 Å². The Balaban J connectivity index is 1.25. The van der Waals surface area contributed by atoms with Gasteiger partial charge in [-0.2, -0.15) is 0 Å². The molecule has 1 atom stereocenters. The highest BCUT2D eigenvalue weighted by Crippen LogP contribution is 2.32. The first-order chi connectivity index (χ1) is 19.6. The third-order valence-corrected chi connectivity index (χ3v) is 8.63. The van der Waals surface area contributed by atoms with E-state index in [9.17, 15) is 4.79 Å². The smallest absolute Gasteiger partial charge is 0.253 e. The molecule has 3 aromatic heterocycles. The fraction of sp³-hybridized carbons (Fsp3) is 0.233. The monoisotopic (exact) mass is 548 g/mol. The fourth-order valence-electron chi connectivity index (χ4n) is 5.49. The molecule has 1 N–H and O–H groups in total. The van der Waals surface area contributed by atoms with Crippen molar-refractivity contribution in [3.8, 4) is 0 Å². The summed E-state index contributed by atoms with van der Waals surface area (Å²) >= 11 is 1.72. The Hall–Kier alpha value is -4.41. The molecule has 7 rings (SSSR count). The fourth-order valence-corrected chi connectivity index (χ4v) is 6.51. The van der Waals surface area contributed by atoms with Crippen LogP contribution in [0.2, 0.25) is 0 Å². The van der Waals surface area contributed by atoms with Gasteiger partial charge in [0.1, 0.15) is 6.04 Å². The van der Waals surface area contributed by atoms with Crippen LogP contribution in [0.3, 0.4) is 0 Å². The van der Waals surface area contributed by atoms with Crippen LogP contribution in [-0.2, 0) is 6.54 Å². The maximum atomic E-state index is 13.6. The maximum Gasteiger partial charge on any atom is 0.253 e. The zero-order chi connectivity index (χ0) is 27.1. The molecule has 1 aliphatic rings. The van der Waals surface area contributed by atoms with E-state index in [0.717, 1.165) is 58.9 Å². The number of anilines is 1. The van der Waals surface area contributed by atoms with Gasteiger partial charge < -0.3 is 9.88 Å². The highest BCUT2D eigenvalue weighted by Gasteiger charge is 2.33. The van der Waals surface area contributed by atoms with Gasteiger partial charge in [0.05, 0.1) is 16.8 Å². The molecule has 0 unspecified atom stereocenters. The average molecular weight is 549 g/mol. The summed E-state index contributed by atoms with van der Waals surface area (Å²) in [5.74, 6) is 0.662. The zero-order valence-electron chi connectivity index (χ0n) is 22.1. The second kappa shape index (κ2) is 10.3. The number of rotatable bonds is 6. The van der Waals surface area contributed by atoms with Crippen molar-refractivity contribution in [3.05, 3.63) is 112 Å². The minimum atomic E-state index is -0.398. The SMILES string of the molecule is Cc1ccc2[nH]c(=O)c([C@@H](c3nnnn3Cc3ccccc3)N3CCN(c4nc5ccccc5s4)CC3)cc2c1. The van der Waals surface area contributed by atoms with Gasteiger partial charge in [-0.3, -0.25) is 9.69 Å². The van der Waals surface area contributed by atoms with E-state index in [1.165, 1.54) is 4.70 Å². The molecule has 1 saturated heterocycles. The summed E-state index contributed by atoms with van der Waals surface area (Å²) < 4.78 is 3.01. The van der Waals surface area contributed by atoms with E-state index in [2.05, 4.69) is 73.6 Å². The van der Waals surface area contributed by atoms with Gasteiger partial charge in [0, 0.05) is 37.3 Å². The number of hydrogen-bond donors (Lipinski definition) is 1. The summed E-state index contributed by atoms with van der Waals surface area (Å²) in [6.45, 7) is 5.65. The molecule has 0 spiro atoms. The van der Waals surface area contributed by atoms with E-state index < -0.39 is 6.04 Å². The van der Waals surface area contributed by atoms with Gasteiger partial charge in [0.25, 0.3) is 5.56 Å². The molecule has 1 aliphatic heterocycles. The Morgan fingerprint density at radius 2 is 1.75 bits per heavy atom. The van der Waals surface area contributed by atoms with Crippen LogP contribution < -0.4 is 10.5 Å². The van der Waals surface area contributed by atoms with Crippen LogP contribution in [-0.4, -0.2) is 61.3 Å². The molecule has 0 bridgehead atoms. The molecule has 40 heavy (non-hydrogen) atoms. The Morgan fingerprint density at radius 3 is 2.58 bits per heavy atom. The number of pyridine rings is 1. The summed E-state index contributed by atoms with van der Waals surface area (Å²) in [5.41, 5.74) is 4.61. The molecular formula is C30H28N8OS. The summed E-state index contributed by atoms with van der Waals surface area (Å²) in [5, 5.41) is 14.9. The van der Waals surface area contributed by atoms with Crippen LogP contribution in [0.5, 0.6) is 0 Å². The summed E-state index contributed by atoms with van der Waals surface area (Å²) in [4.78, 5) is 26.2. The van der Waals surface area contributed by atoms with Crippen molar-refractivity contribution in [2.75, 3.05) is 31.1 Å². The maximum absolute atomic E-state index is 13.6. The highest BCUT2D eigenvalue weighted by atomic mass is 32.1. The molecule has 0 radical (unpaired) electrons. The molecule has 200 valence electrons. The van der Waals surface area contributed by atoms with E-state index in [0.29, 0.717) is 17.9 Å². The Labute approximate surface area is 234 Å². The predicted octanol–water partition coefficient (Wildman–Crippen LogP) is 4.39. The van der Waals surface area contributed by atoms with Gasteiger partial charge in [-0.05, 0) is 58.6 Å². The Morgan fingerprint density at radius 1 is 0.950 bits per heavy atom. The lowest BCUT2D eigenvalue weighted by Gasteiger charge is -2.38. The minimum Gasteiger partial charge on any atom is -0.345 e. The molecule has 0 saturated carbocycles. The molecule has 9 nitrogen and oxygen atoms in total. The lowest BCUT2D eigenvalue weighted by Crippen LogP contribution is -2.49. The summed E-state index contributed by atoms with van der Waals surface area (Å²) in [6.07, 6.45) is 0. The number of hydrogen-bond acceptors (Lipinski definition) is 8. The van der Waals surface area contributed by atoms with Crippen molar-refractivity contribution in [1.29, 1.82) is 0 Å². The first-order valence-corrected chi connectivity index (χ1v) is 14.2. The number of benzene rings is 3. The number of fused-ring (bicyclic) bond motifs is 2. The number of tetrazole rings is 1. The Kier molecular flexibility index (Phi) is 6.33. The number of nitrogens with zero attached hydrogens (tertiary/aromatic N) is 7. The van der Waals surface area contributed by atoms with E-state index in [1.54, 1.807) is 11.3 Å². The van der Waals surface area contributed by atoms with Gasteiger partial charge in [-0.25, -0.2) is 9.67 Å². The van der Waals surface area contributed by atoms with E-state index in [-0.39, 0.29) is 5.56 Å². The van der Waals surface area contributed by atoms with Crippen molar-refractivity contribution in [2.24, 2.45) is 0 Å². The molecule has 0 aliphatic carbocycles. The number of aromatic amines is 1. The van der Waals surface area contributed by atoms with E-state index >= 15 is 0 Å². The van der Waals surface area contributed by atoms with Gasteiger partial charge >= 0.3 is 0 Å².